The minimum absolute atomic E-state index is 0. The first kappa shape index (κ1) is 20.7. The number of hydrogen-bond donors (Lipinski definition) is 1. The molecule has 1 aliphatic heterocycles. The summed E-state index contributed by atoms with van der Waals surface area (Å²) in [4.78, 5) is 9.46. The summed E-state index contributed by atoms with van der Waals surface area (Å²) in [6, 6.07) is 15.4. The number of piperidine rings is 1. The molecule has 1 aromatic carbocycles. The fraction of sp³-hybridized carbons (Fsp3) is 0.476. The van der Waals surface area contributed by atoms with Crippen molar-refractivity contribution in [2.45, 2.75) is 38.8 Å². The van der Waals surface area contributed by atoms with Crippen LogP contribution < -0.4 is 10.2 Å². The number of benzene rings is 1. The van der Waals surface area contributed by atoms with E-state index in [1.54, 1.807) is 0 Å². The lowest BCUT2D eigenvalue weighted by Gasteiger charge is -2.34. The van der Waals surface area contributed by atoms with E-state index in [4.69, 9.17) is 4.98 Å². The Bertz CT molecular complexity index is 626. The number of anilines is 2. The van der Waals surface area contributed by atoms with Crippen molar-refractivity contribution in [3.8, 4) is 0 Å². The van der Waals surface area contributed by atoms with E-state index in [9.17, 15) is 0 Å². The van der Waals surface area contributed by atoms with Crippen LogP contribution in [-0.2, 0) is 6.54 Å². The quantitative estimate of drug-likeness (QED) is 0.785. The molecule has 4 nitrogen and oxygen atoms in total. The molecule has 0 bridgehead atoms. The normalized spacial score (nSPS) is 14.9. The van der Waals surface area contributed by atoms with E-state index in [1.165, 1.54) is 24.8 Å². The van der Waals surface area contributed by atoms with Crippen LogP contribution in [0.25, 0.3) is 0 Å². The molecule has 2 heterocycles. The second-order valence-electron chi connectivity index (χ2n) is 6.87. The Balaban J connectivity index is 0.00000243. The van der Waals surface area contributed by atoms with Gasteiger partial charge in [-0.05, 0) is 62.7 Å². The summed E-state index contributed by atoms with van der Waals surface area (Å²) >= 11 is 0. The molecular weight excluding hydrogens is 344 g/mol. The standard InChI is InChI=1S/C21H30N4.ClH/c1-3-15-25(20-11-13-22-14-12-20)17-18-9-10-21(23-16-18)24(2)19-7-5-4-6-8-19;/h4-10,16,20,22H,3,11-15,17H2,1-2H3;1H. The first-order chi connectivity index (χ1) is 12.3. The van der Waals surface area contributed by atoms with Gasteiger partial charge in [-0.2, -0.15) is 0 Å². The number of halogens is 1. The monoisotopic (exact) mass is 374 g/mol. The van der Waals surface area contributed by atoms with Crippen LogP contribution in [-0.4, -0.2) is 42.6 Å². The fourth-order valence-corrected chi connectivity index (χ4v) is 3.58. The lowest BCUT2D eigenvalue weighted by atomic mass is 10.0. The van der Waals surface area contributed by atoms with Crippen LogP contribution in [0.1, 0.15) is 31.7 Å². The molecule has 1 aromatic heterocycles. The topological polar surface area (TPSA) is 31.4 Å². The van der Waals surface area contributed by atoms with E-state index >= 15 is 0 Å². The lowest BCUT2D eigenvalue weighted by Crippen LogP contribution is -2.43. The Kier molecular flexibility index (Phi) is 8.36. The van der Waals surface area contributed by atoms with Gasteiger partial charge in [0, 0.05) is 31.5 Å². The number of para-hydroxylation sites is 1. The fourth-order valence-electron chi connectivity index (χ4n) is 3.58. The van der Waals surface area contributed by atoms with E-state index in [1.807, 2.05) is 12.3 Å². The molecule has 0 spiro atoms. The highest BCUT2D eigenvalue weighted by Gasteiger charge is 2.20. The van der Waals surface area contributed by atoms with E-state index in [0.717, 1.165) is 37.7 Å². The third kappa shape index (κ3) is 5.44. The van der Waals surface area contributed by atoms with Crippen molar-refractivity contribution in [2.24, 2.45) is 0 Å². The molecule has 142 valence electrons. The van der Waals surface area contributed by atoms with Crippen molar-refractivity contribution < 1.29 is 0 Å². The van der Waals surface area contributed by atoms with Crippen LogP contribution in [0.3, 0.4) is 0 Å². The molecule has 3 rings (SSSR count). The van der Waals surface area contributed by atoms with Crippen molar-refractivity contribution >= 4 is 23.9 Å². The van der Waals surface area contributed by atoms with Gasteiger partial charge in [0.2, 0.25) is 0 Å². The smallest absolute Gasteiger partial charge is 0.132 e. The van der Waals surface area contributed by atoms with Gasteiger partial charge >= 0.3 is 0 Å². The molecule has 26 heavy (non-hydrogen) atoms. The van der Waals surface area contributed by atoms with Gasteiger partial charge in [-0.3, -0.25) is 4.90 Å². The van der Waals surface area contributed by atoms with Crippen molar-refractivity contribution in [3.05, 3.63) is 54.2 Å². The zero-order valence-corrected chi connectivity index (χ0v) is 16.7. The zero-order chi connectivity index (χ0) is 17.5. The van der Waals surface area contributed by atoms with Gasteiger partial charge in [0.1, 0.15) is 5.82 Å². The van der Waals surface area contributed by atoms with E-state index < -0.39 is 0 Å². The highest BCUT2D eigenvalue weighted by atomic mass is 35.5. The SMILES string of the molecule is CCCN(Cc1ccc(N(C)c2ccccc2)nc1)C1CCNCC1.Cl. The Hall–Kier alpha value is -1.62. The largest absolute Gasteiger partial charge is 0.329 e. The third-order valence-corrected chi connectivity index (χ3v) is 5.02. The number of nitrogens with zero attached hydrogens (tertiary/aromatic N) is 3. The van der Waals surface area contributed by atoms with Gasteiger partial charge in [0.25, 0.3) is 0 Å². The minimum Gasteiger partial charge on any atom is -0.329 e. The number of aromatic nitrogens is 1. The van der Waals surface area contributed by atoms with Gasteiger partial charge < -0.3 is 10.2 Å². The van der Waals surface area contributed by atoms with Crippen molar-refractivity contribution in [1.82, 2.24) is 15.2 Å². The number of rotatable bonds is 7. The lowest BCUT2D eigenvalue weighted by molar-refractivity contribution is 0.154. The summed E-state index contributed by atoms with van der Waals surface area (Å²) in [6.07, 6.45) is 5.75. The number of hydrogen-bond acceptors (Lipinski definition) is 4. The molecule has 1 N–H and O–H groups in total. The molecule has 0 radical (unpaired) electrons. The van der Waals surface area contributed by atoms with Gasteiger partial charge in [-0.1, -0.05) is 31.2 Å². The van der Waals surface area contributed by atoms with Gasteiger partial charge in [0.05, 0.1) is 0 Å². The van der Waals surface area contributed by atoms with Crippen molar-refractivity contribution in [2.75, 3.05) is 31.6 Å². The Morgan fingerprint density at radius 3 is 2.42 bits per heavy atom. The molecule has 2 aromatic rings. The molecule has 0 unspecified atom stereocenters. The highest BCUT2D eigenvalue weighted by molar-refractivity contribution is 5.85. The van der Waals surface area contributed by atoms with Gasteiger partial charge in [-0.15, -0.1) is 12.4 Å². The van der Waals surface area contributed by atoms with Crippen LogP contribution in [0.5, 0.6) is 0 Å². The predicted octanol–water partition coefficient (Wildman–Crippen LogP) is 4.24. The summed E-state index contributed by atoms with van der Waals surface area (Å²) in [5.41, 5.74) is 2.46. The maximum Gasteiger partial charge on any atom is 0.132 e. The van der Waals surface area contributed by atoms with Crippen LogP contribution in [0.2, 0.25) is 0 Å². The number of pyridine rings is 1. The molecular formula is C21H31ClN4. The minimum atomic E-state index is 0. The molecule has 0 aliphatic carbocycles. The average Bonchev–Trinajstić information content (AvgIpc) is 2.69. The molecule has 1 fully saturated rings. The summed E-state index contributed by atoms with van der Waals surface area (Å²) in [6.45, 7) is 6.72. The van der Waals surface area contributed by atoms with Crippen LogP contribution in [0.15, 0.2) is 48.7 Å². The predicted molar refractivity (Wildman–Crippen MR) is 113 cm³/mol. The molecule has 0 amide bonds. The van der Waals surface area contributed by atoms with Crippen LogP contribution in [0, 0.1) is 0 Å². The summed E-state index contributed by atoms with van der Waals surface area (Å²) in [5, 5.41) is 3.47. The second-order valence-corrected chi connectivity index (χ2v) is 6.87. The molecule has 0 saturated carbocycles. The first-order valence-electron chi connectivity index (χ1n) is 9.46. The maximum atomic E-state index is 4.70. The summed E-state index contributed by atoms with van der Waals surface area (Å²) in [7, 11) is 2.07. The van der Waals surface area contributed by atoms with E-state index in [2.05, 4.69) is 65.5 Å². The Labute approximate surface area is 164 Å². The average molecular weight is 375 g/mol. The first-order valence-corrected chi connectivity index (χ1v) is 9.46. The Morgan fingerprint density at radius 1 is 1.08 bits per heavy atom. The molecule has 5 heteroatoms. The second kappa shape index (κ2) is 10.5. The summed E-state index contributed by atoms with van der Waals surface area (Å²) < 4.78 is 0. The Morgan fingerprint density at radius 2 is 1.81 bits per heavy atom. The maximum absolute atomic E-state index is 4.70. The molecule has 1 saturated heterocycles. The van der Waals surface area contributed by atoms with Gasteiger partial charge in [-0.25, -0.2) is 4.98 Å². The van der Waals surface area contributed by atoms with E-state index in [-0.39, 0.29) is 12.4 Å². The highest BCUT2D eigenvalue weighted by Crippen LogP contribution is 2.22. The van der Waals surface area contributed by atoms with Crippen molar-refractivity contribution in [3.63, 3.8) is 0 Å². The van der Waals surface area contributed by atoms with E-state index in [0.29, 0.717) is 6.04 Å². The van der Waals surface area contributed by atoms with Crippen LogP contribution >= 0.6 is 12.4 Å². The van der Waals surface area contributed by atoms with Crippen molar-refractivity contribution in [1.29, 1.82) is 0 Å². The van der Waals surface area contributed by atoms with Crippen LogP contribution in [0.4, 0.5) is 11.5 Å². The number of nitrogens with one attached hydrogen (secondary N) is 1. The molecule has 0 atom stereocenters. The molecule has 1 aliphatic rings. The third-order valence-electron chi connectivity index (χ3n) is 5.02. The summed E-state index contributed by atoms with van der Waals surface area (Å²) in [5.74, 6) is 0.985. The zero-order valence-electron chi connectivity index (χ0n) is 15.9. The van der Waals surface area contributed by atoms with Gasteiger partial charge in [0.15, 0.2) is 0 Å².